The molecule has 0 aromatic heterocycles. The lowest BCUT2D eigenvalue weighted by molar-refractivity contribution is 0.0775. The molecule has 1 aromatic carbocycles. The van der Waals surface area contributed by atoms with Crippen molar-refractivity contribution in [2.45, 2.75) is 12.8 Å². The van der Waals surface area contributed by atoms with Crippen LogP contribution in [0.15, 0.2) is 24.3 Å². The van der Waals surface area contributed by atoms with Crippen LogP contribution < -0.4 is 11.1 Å². The number of hydrogen-bond acceptors (Lipinski definition) is 3. The minimum absolute atomic E-state index is 0.00289. The first kappa shape index (κ1) is 13.1. The van der Waals surface area contributed by atoms with Crippen molar-refractivity contribution < 1.29 is 9.59 Å². The van der Waals surface area contributed by atoms with E-state index in [9.17, 15) is 9.59 Å². The summed E-state index contributed by atoms with van der Waals surface area (Å²) in [5.41, 5.74) is 6.45. The number of nitrogens with zero attached hydrogens (tertiary/aromatic N) is 1. The van der Waals surface area contributed by atoms with Gasteiger partial charge in [0.2, 0.25) is 5.91 Å². The lowest BCUT2D eigenvalue weighted by Crippen LogP contribution is -2.33. The molecule has 2 aliphatic rings. The van der Waals surface area contributed by atoms with Gasteiger partial charge in [-0.05, 0) is 37.6 Å². The third kappa shape index (κ3) is 2.29. The average Bonchev–Trinajstić information content (AvgIpc) is 3.09. The number of rotatable bonds is 2. The lowest BCUT2D eigenvalue weighted by Gasteiger charge is -2.22. The topological polar surface area (TPSA) is 75.4 Å². The number of carbonyl (C=O) groups excluding carboxylic acids is 2. The number of benzene rings is 1. The van der Waals surface area contributed by atoms with E-state index in [4.69, 9.17) is 5.73 Å². The van der Waals surface area contributed by atoms with Gasteiger partial charge in [0.15, 0.2) is 0 Å². The van der Waals surface area contributed by atoms with E-state index in [0.717, 1.165) is 39.0 Å². The van der Waals surface area contributed by atoms with Crippen LogP contribution in [-0.2, 0) is 0 Å². The number of likely N-dealkylation sites (tertiary alicyclic amines) is 1. The van der Waals surface area contributed by atoms with Crippen molar-refractivity contribution in [1.29, 1.82) is 0 Å². The van der Waals surface area contributed by atoms with E-state index < -0.39 is 5.91 Å². The summed E-state index contributed by atoms with van der Waals surface area (Å²) in [6.45, 7) is 3.64. The summed E-state index contributed by atoms with van der Waals surface area (Å²) in [5.74, 6) is -0.505. The molecule has 0 radical (unpaired) electrons. The second kappa shape index (κ2) is 4.90. The summed E-state index contributed by atoms with van der Waals surface area (Å²) in [7, 11) is 0. The van der Waals surface area contributed by atoms with Crippen LogP contribution in [0.2, 0.25) is 0 Å². The normalized spacial score (nSPS) is 25.3. The van der Waals surface area contributed by atoms with Gasteiger partial charge in [0, 0.05) is 36.2 Å². The fourth-order valence-corrected chi connectivity index (χ4v) is 3.24. The molecule has 20 heavy (non-hydrogen) atoms. The predicted octanol–water partition coefficient (Wildman–Crippen LogP) is 0.611. The van der Waals surface area contributed by atoms with Gasteiger partial charge in [-0.1, -0.05) is 6.07 Å². The zero-order valence-electron chi connectivity index (χ0n) is 11.4. The van der Waals surface area contributed by atoms with Crippen LogP contribution in [0.4, 0.5) is 0 Å². The summed E-state index contributed by atoms with van der Waals surface area (Å²) >= 11 is 0. The van der Waals surface area contributed by atoms with Crippen molar-refractivity contribution in [3.8, 4) is 0 Å². The zero-order valence-corrected chi connectivity index (χ0v) is 11.4. The maximum atomic E-state index is 12.5. The molecule has 2 fully saturated rings. The van der Waals surface area contributed by atoms with Gasteiger partial charge in [0.25, 0.3) is 5.91 Å². The van der Waals surface area contributed by atoms with E-state index in [-0.39, 0.29) is 11.3 Å². The zero-order chi connectivity index (χ0) is 14.2. The first-order valence-electron chi connectivity index (χ1n) is 7.00. The first-order chi connectivity index (χ1) is 9.60. The third-order valence-electron chi connectivity index (χ3n) is 4.45. The molecular weight excluding hydrogens is 254 g/mol. The number of nitrogens with one attached hydrogen (secondary N) is 1. The second-order valence-corrected chi connectivity index (χ2v) is 5.85. The monoisotopic (exact) mass is 273 g/mol. The van der Waals surface area contributed by atoms with Gasteiger partial charge >= 0.3 is 0 Å². The summed E-state index contributed by atoms with van der Waals surface area (Å²) < 4.78 is 0. The standard InChI is InChI=1S/C15H19N3O2/c16-13(19)11-2-1-3-12(8-11)14(20)18-7-5-15(10-18)4-6-17-9-15/h1-3,8,17H,4-7,9-10H2,(H2,16,19). The van der Waals surface area contributed by atoms with Gasteiger partial charge in [0.05, 0.1) is 0 Å². The second-order valence-electron chi connectivity index (χ2n) is 5.85. The Morgan fingerprint density at radius 2 is 2.05 bits per heavy atom. The number of amides is 2. The number of hydrogen-bond donors (Lipinski definition) is 2. The van der Waals surface area contributed by atoms with Crippen LogP contribution >= 0.6 is 0 Å². The van der Waals surface area contributed by atoms with Gasteiger partial charge in [-0.3, -0.25) is 9.59 Å². The van der Waals surface area contributed by atoms with E-state index in [2.05, 4.69) is 5.32 Å². The van der Waals surface area contributed by atoms with E-state index in [1.165, 1.54) is 0 Å². The van der Waals surface area contributed by atoms with Gasteiger partial charge in [0.1, 0.15) is 0 Å². The number of carbonyl (C=O) groups is 2. The number of nitrogens with two attached hydrogens (primary N) is 1. The molecule has 0 saturated carbocycles. The highest BCUT2D eigenvalue weighted by Gasteiger charge is 2.41. The molecule has 3 rings (SSSR count). The molecule has 1 spiro atoms. The smallest absolute Gasteiger partial charge is 0.253 e. The van der Waals surface area contributed by atoms with Crippen LogP contribution in [0.25, 0.3) is 0 Å². The first-order valence-corrected chi connectivity index (χ1v) is 7.00. The largest absolute Gasteiger partial charge is 0.366 e. The van der Waals surface area contributed by atoms with Gasteiger partial charge in [-0.2, -0.15) is 0 Å². The van der Waals surface area contributed by atoms with E-state index in [1.807, 2.05) is 4.90 Å². The summed E-state index contributed by atoms with van der Waals surface area (Å²) in [6.07, 6.45) is 2.19. The molecular formula is C15H19N3O2. The Morgan fingerprint density at radius 1 is 1.25 bits per heavy atom. The Kier molecular flexibility index (Phi) is 3.22. The molecule has 1 aromatic rings. The lowest BCUT2D eigenvalue weighted by atomic mass is 9.86. The maximum Gasteiger partial charge on any atom is 0.253 e. The van der Waals surface area contributed by atoms with Crippen molar-refractivity contribution in [2.75, 3.05) is 26.2 Å². The molecule has 2 amide bonds. The molecule has 2 heterocycles. The number of primary amides is 1. The Balaban J connectivity index is 1.76. The van der Waals surface area contributed by atoms with Crippen LogP contribution in [0.1, 0.15) is 33.6 Å². The van der Waals surface area contributed by atoms with E-state index in [0.29, 0.717) is 11.1 Å². The highest BCUT2D eigenvalue weighted by molar-refractivity contribution is 5.99. The quantitative estimate of drug-likeness (QED) is 0.829. The fraction of sp³-hybridized carbons (Fsp3) is 0.467. The minimum Gasteiger partial charge on any atom is -0.366 e. The van der Waals surface area contributed by atoms with Crippen molar-refractivity contribution in [3.05, 3.63) is 35.4 Å². The van der Waals surface area contributed by atoms with E-state index in [1.54, 1.807) is 24.3 Å². The Labute approximate surface area is 118 Å². The molecule has 1 unspecified atom stereocenters. The fourth-order valence-electron chi connectivity index (χ4n) is 3.24. The van der Waals surface area contributed by atoms with Gasteiger partial charge < -0.3 is 16.0 Å². The molecule has 0 aliphatic carbocycles. The summed E-state index contributed by atoms with van der Waals surface area (Å²) in [4.78, 5) is 25.6. The molecule has 3 N–H and O–H groups in total. The van der Waals surface area contributed by atoms with Crippen LogP contribution in [-0.4, -0.2) is 42.9 Å². The molecule has 5 heteroatoms. The van der Waals surface area contributed by atoms with Gasteiger partial charge in [-0.25, -0.2) is 0 Å². The minimum atomic E-state index is -0.502. The Morgan fingerprint density at radius 3 is 2.75 bits per heavy atom. The van der Waals surface area contributed by atoms with Crippen LogP contribution in [0, 0.1) is 5.41 Å². The molecule has 106 valence electrons. The molecule has 2 saturated heterocycles. The van der Waals surface area contributed by atoms with Crippen LogP contribution in [0.3, 0.4) is 0 Å². The van der Waals surface area contributed by atoms with Crippen molar-refractivity contribution >= 4 is 11.8 Å². The van der Waals surface area contributed by atoms with Crippen molar-refractivity contribution in [2.24, 2.45) is 11.1 Å². The third-order valence-corrected chi connectivity index (χ3v) is 4.45. The molecule has 5 nitrogen and oxygen atoms in total. The molecule has 0 bridgehead atoms. The Bertz CT molecular complexity index is 550. The van der Waals surface area contributed by atoms with Gasteiger partial charge in [-0.15, -0.1) is 0 Å². The van der Waals surface area contributed by atoms with E-state index >= 15 is 0 Å². The summed E-state index contributed by atoms with van der Waals surface area (Å²) in [5, 5.41) is 3.38. The summed E-state index contributed by atoms with van der Waals surface area (Å²) in [6, 6.07) is 6.66. The molecule has 1 atom stereocenters. The highest BCUT2D eigenvalue weighted by atomic mass is 16.2. The predicted molar refractivity (Wildman–Crippen MR) is 75.4 cm³/mol. The van der Waals surface area contributed by atoms with Crippen LogP contribution in [0.5, 0.6) is 0 Å². The maximum absolute atomic E-state index is 12.5. The highest BCUT2D eigenvalue weighted by Crippen LogP contribution is 2.36. The SMILES string of the molecule is NC(=O)c1cccc(C(=O)N2CCC3(CCNC3)C2)c1. The van der Waals surface area contributed by atoms with Crippen molar-refractivity contribution in [3.63, 3.8) is 0 Å². The average molecular weight is 273 g/mol. The molecule has 2 aliphatic heterocycles. The van der Waals surface area contributed by atoms with Crippen molar-refractivity contribution in [1.82, 2.24) is 10.2 Å². The Hall–Kier alpha value is -1.88.